The first-order chi connectivity index (χ1) is 18.4. The Morgan fingerprint density at radius 1 is 1.13 bits per heavy atom. The van der Waals surface area contributed by atoms with Crippen LogP contribution in [-0.4, -0.2) is 59.7 Å². The molecule has 1 N–H and O–H groups in total. The van der Waals surface area contributed by atoms with E-state index in [2.05, 4.69) is 19.1 Å². The zero-order chi connectivity index (χ0) is 28.2. The number of benzene rings is 2. The first kappa shape index (κ1) is 28.0. The van der Waals surface area contributed by atoms with Crippen molar-refractivity contribution in [3.05, 3.63) is 98.5 Å². The van der Waals surface area contributed by atoms with Crippen LogP contribution in [-0.2, 0) is 22.6 Å². The molecule has 0 aliphatic carbocycles. The van der Waals surface area contributed by atoms with Gasteiger partial charge in [-0.2, -0.15) is 0 Å². The molecule has 2 aromatic carbocycles. The maximum Gasteiger partial charge on any atom is 0.257 e. The van der Waals surface area contributed by atoms with E-state index in [1.807, 2.05) is 0 Å². The molecule has 0 saturated carbocycles. The highest BCUT2D eigenvalue weighted by Crippen LogP contribution is 2.49. The van der Waals surface area contributed by atoms with Crippen molar-refractivity contribution in [3.8, 4) is 0 Å². The molecule has 1 aromatic heterocycles. The van der Waals surface area contributed by atoms with Crippen LogP contribution in [0, 0.1) is 11.7 Å². The van der Waals surface area contributed by atoms with Crippen LogP contribution in [0.5, 0.6) is 0 Å². The number of halogens is 3. The summed E-state index contributed by atoms with van der Waals surface area (Å²) in [6.45, 7) is 3.60. The Balaban J connectivity index is 1.64. The average molecular weight is 574 g/mol. The van der Waals surface area contributed by atoms with Gasteiger partial charge >= 0.3 is 0 Å². The summed E-state index contributed by atoms with van der Waals surface area (Å²) in [5.74, 6) is -1.10. The van der Waals surface area contributed by atoms with Crippen LogP contribution in [0.15, 0.2) is 54.7 Å². The molecule has 9 heteroatoms. The SMILES string of the molecule is COC1(c2ccc(Cl)cc2)c2c(F)cc(C(C)(O)C3CC[N+](C)(C)CC3)cc2C(=O)N1Cc1ccc(Cl)cn1. The minimum absolute atomic E-state index is 0.0436. The van der Waals surface area contributed by atoms with Gasteiger partial charge in [-0.1, -0.05) is 35.3 Å². The van der Waals surface area contributed by atoms with E-state index in [9.17, 15) is 9.90 Å². The number of carbonyl (C=O) groups is 1. The number of pyridine rings is 1. The Bertz CT molecular complexity index is 1390. The standard InChI is InChI=1S/C30H33Cl2FN3O3/c1-29(38,19-11-13-36(2,3)14-12-19)21-15-25-27(26(33)16-21)30(39-4,20-5-7-22(31)8-6-20)35(28(25)37)18-24-10-9-23(32)17-34-24/h5-10,15-17,19,38H,11-14,18H2,1-4H3/q+1. The van der Waals surface area contributed by atoms with E-state index in [1.54, 1.807) is 49.4 Å². The lowest BCUT2D eigenvalue weighted by molar-refractivity contribution is -0.896. The van der Waals surface area contributed by atoms with Crippen molar-refractivity contribution in [2.45, 2.75) is 37.6 Å². The number of aliphatic hydroxyl groups is 1. The molecular weight excluding hydrogens is 540 g/mol. The second-order valence-electron chi connectivity index (χ2n) is 11.4. The number of quaternary nitrogens is 1. The molecule has 1 amide bonds. The Hall–Kier alpha value is -2.55. The lowest BCUT2D eigenvalue weighted by atomic mass is 9.76. The Morgan fingerprint density at radius 3 is 2.36 bits per heavy atom. The molecule has 2 atom stereocenters. The number of hydrogen-bond acceptors (Lipinski definition) is 4. The lowest BCUT2D eigenvalue weighted by Gasteiger charge is -2.42. The van der Waals surface area contributed by atoms with Gasteiger partial charge in [-0.3, -0.25) is 14.7 Å². The fraction of sp³-hybridized carbons (Fsp3) is 0.400. The third-order valence-electron chi connectivity index (χ3n) is 8.47. The normalized spacial score (nSPS) is 22.6. The minimum atomic E-state index is -1.57. The number of likely N-dealkylation sites (tertiary alicyclic amines) is 1. The summed E-state index contributed by atoms with van der Waals surface area (Å²) in [5, 5.41) is 12.7. The zero-order valence-electron chi connectivity index (χ0n) is 22.5. The molecule has 2 aliphatic rings. The van der Waals surface area contributed by atoms with E-state index < -0.39 is 23.1 Å². The highest BCUT2D eigenvalue weighted by atomic mass is 35.5. The number of carbonyl (C=O) groups excluding carboxylic acids is 1. The molecule has 0 bridgehead atoms. The number of hydrogen-bond donors (Lipinski definition) is 1. The summed E-state index contributed by atoms with van der Waals surface area (Å²) < 4.78 is 23.3. The fourth-order valence-electron chi connectivity index (χ4n) is 6.05. The summed E-state index contributed by atoms with van der Waals surface area (Å²) in [6, 6.07) is 13.2. The van der Waals surface area contributed by atoms with E-state index in [-0.39, 0.29) is 23.6 Å². The van der Waals surface area contributed by atoms with Crippen molar-refractivity contribution >= 4 is 29.1 Å². The van der Waals surface area contributed by atoms with E-state index >= 15 is 4.39 Å². The number of nitrogens with zero attached hydrogens (tertiary/aromatic N) is 3. The van der Waals surface area contributed by atoms with Crippen molar-refractivity contribution in [2.75, 3.05) is 34.3 Å². The van der Waals surface area contributed by atoms with E-state index in [1.165, 1.54) is 24.3 Å². The third-order valence-corrected chi connectivity index (χ3v) is 8.95. The number of rotatable bonds is 6. The van der Waals surface area contributed by atoms with Crippen LogP contribution < -0.4 is 0 Å². The number of aromatic nitrogens is 1. The summed E-state index contributed by atoms with van der Waals surface area (Å²) in [7, 11) is 5.79. The molecule has 2 unspecified atom stereocenters. The third kappa shape index (κ3) is 4.85. The quantitative estimate of drug-likeness (QED) is 0.383. The Kier molecular flexibility index (Phi) is 7.27. The second-order valence-corrected chi connectivity index (χ2v) is 12.3. The molecule has 206 valence electrons. The molecule has 2 aliphatic heterocycles. The monoisotopic (exact) mass is 572 g/mol. The highest BCUT2D eigenvalue weighted by molar-refractivity contribution is 6.30. The van der Waals surface area contributed by atoms with Crippen molar-refractivity contribution in [3.63, 3.8) is 0 Å². The van der Waals surface area contributed by atoms with Gasteiger partial charge in [-0.15, -0.1) is 0 Å². The van der Waals surface area contributed by atoms with Crippen LogP contribution in [0.25, 0.3) is 0 Å². The van der Waals surface area contributed by atoms with Crippen molar-refractivity contribution in [2.24, 2.45) is 5.92 Å². The summed E-state index contributed by atoms with van der Waals surface area (Å²) in [6.07, 6.45) is 3.10. The maximum absolute atomic E-state index is 16.3. The number of ether oxygens (including phenoxy) is 1. The first-order valence-electron chi connectivity index (χ1n) is 13.0. The average Bonchev–Trinajstić information content (AvgIpc) is 3.14. The van der Waals surface area contributed by atoms with Gasteiger partial charge in [0.1, 0.15) is 5.82 Å². The van der Waals surface area contributed by atoms with Crippen molar-refractivity contribution in [1.82, 2.24) is 9.88 Å². The Labute approximate surface area is 238 Å². The van der Waals surface area contributed by atoms with E-state index in [0.717, 1.165) is 30.4 Å². The lowest BCUT2D eigenvalue weighted by Crippen LogP contribution is -2.49. The van der Waals surface area contributed by atoms with Gasteiger partial charge in [0.2, 0.25) is 0 Å². The molecule has 6 nitrogen and oxygen atoms in total. The smallest absolute Gasteiger partial charge is 0.257 e. The first-order valence-corrected chi connectivity index (χ1v) is 13.8. The predicted octanol–water partition coefficient (Wildman–Crippen LogP) is 5.72. The molecule has 3 aromatic rings. The zero-order valence-corrected chi connectivity index (χ0v) is 24.1. The van der Waals surface area contributed by atoms with Gasteiger partial charge in [-0.05, 0) is 48.9 Å². The van der Waals surface area contributed by atoms with Crippen molar-refractivity contribution < 1.29 is 23.5 Å². The van der Waals surface area contributed by atoms with Gasteiger partial charge in [0.05, 0.1) is 61.2 Å². The van der Waals surface area contributed by atoms with Gasteiger partial charge in [0, 0.05) is 42.7 Å². The van der Waals surface area contributed by atoms with Crippen LogP contribution in [0.4, 0.5) is 4.39 Å². The summed E-state index contributed by atoms with van der Waals surface area (Å²) in [4.78, 5) is 19.9. The number of amides is 1. The highest BCUT2D eigenvalue weighted by Gasteiger charge is 2.54. The molecule has 1 fully saturated rings. The molecule has 5 rings (SSSR count). The van der Waals surface area contributed by atoms with Crippen LogP contribution in [0.1, 0.15) is 52.5 Å². The van der Waals surface area contributed by atoms with E-state index in [4.69, 9.17) is 27.9 Å². The van der Waals surface area contributed by atoms with Crippen LogP contribution in [0.3, 0.4) is 0 Å². The number of piperidine rings is 1. The molecule has 3 heterocycles. The minimum Gasteiger partial charge on any atom is -0.385 e. The van der Waals surface area contributed by atoms with E-state index in [0.29, 0.717) is 26.9 Å². The molecule has 39 heavy (non-hydrogen) atoms. The second kappa shape index (κ2) is 10.1. The largest absolute Gasteiger partial charge is 0.385 e. The number of methoxy groups -OCH3 is 1. The molecule has 0 spiro atoms. The fourth-order valence-corrected chi connectivity index (χ4v) is 6.29. The summed E-state index contributed by atoms with van der Waals surface area (Å²) in [5.41, 5.74) is -1.13. The van der Waals surface area contributed by atoms with Gasteiger partial charge < -0.3 is 14.3 Å². The van der Waals surface area contributed by atoms with Crippen LogP contribution in [0.2, 0.25) is 10.0 Å². The Morgan fingerprint density at radius 2 is 1.77 bits per heavy atom. The van der Waals surface area contributed by atoms with Crippen LogP contribution >= 0.6 is 23.2 Å². The topological polar surface area (TPSA) is 62.7 Å². The summed E-state index contributed by atoms with van der Waals surface area (Å²) >= 11 is 12.2. The maximum atomic E-state index is 16.3. The van der Waals surface area contributed by atoms with Gasteiger partial charge in [0.25, 0.3) is 5.91 Å². The number of fused-ring (bicyclic) bond motifs is 1. The molecule has 0 radical (unpaired) electrons. The van der Waals surface area contributed by atoms with Gasteiger partial charge in [0.15, 0.2) is 5.72 Å². The van der Waals surface area contributed by atoms with Gasteiger partial charge in [-0.25, -0.2) is 4.39 Å². The molecule has 1 saturated heterocycles. The molecular formula is C30H33Cl2FN3O3+. The van der Waals surface area contributed by atoms with Crippen molar-refractivity contribution in [1.29, 1.82) is 0 Å². The predicted molar refractivity (Wildman–Crippen MR) is 149 cm³/mol.